The van der Waals surface area contributed by atoms with Crippen molar-refractivity contribution in [2.75, 3.05) is 37.2 Å². The number of benzene rings is 2. The van der Waals surface area contributed by atoms with Crippen molar-refractivity contribution < 1.29 is 27.8 Å². The Balaban J connectivity index is 1.91. The fourth-order valence-electron chi connectivity index (χ4n) is 5.55. The van der Waals surface area contributed by atoms with Crippen molar-refractivity contribution in [3.05, 3.63) is 64.7 Å². The molecule has 0 aromatic heterocycles. The number of morpholine rings is 1. The summed E-state index contributed by atoms with van der Waals surface area (Å²) in [5.74, 6) is -0.415. The number of hydrogen-bond donors (Lipinski definition) is 1. The van der Waals surface area contributed by atoms with Crippen molar-refractivity contribution in [3.63, 3.8) is 0 Å². The number of hydrogen-bond acceptors (Lipinski definition) is 7. The highest BCUT2D eigenvalue weighted by Crippen LogP contribution is 2.44. The summed E-state index contributed by atoms with van der Waals surface area (Å²) in [6.45, 7) is 6.30. The largest absolute Gasteiger partial charge is 0.461 e. The lowest BCUT2D eigenvalue weighted by Crippen LogP contribution is -2.63. The molecule has 1 saturated heterocycles. The minimum atomic E-state index is -4.18. The van der Waals surface area contributed by atoms with Gasteiger partial charge in [0, 0.05) is 26.1 Å². The van der Waals surface area contributed by atoms with Crippen LogP contribution in [0.25, 0.3) is 0 Å². The van der Waals surface area contributed by atoms with Gasteiger partial charge in [0.2, 0.25) is 0 Å². The Labute approximate surface area is 220 Å². The van der Waals surface area contributed by atoms with Gasteiger partial charge in [-0.1, -0.05) is 44.2 Å². The summed E-state index contributed by atoms with van der Waals surface area (Å²) in [6, 6.07) is 12.8. The molecule has 0 amide bonds. The van der Waals surface area contributed by atoms with Crippen LogP contribution in [0.1, 0.15) is 55.9 Å². The number of sulfonamides is 1. The van der Waals surface area contributed by atoms with Crippen molar-refractivity contribution in [1.29, 1.82) is 0 Å². The van der Waals surface area contributed by atoms with Crippen molar-refractivity contribution in [1.82, 2.24) is 4.90 Å². The smallest absolute Gasteiger partial charge is 0.302 e. The summed E-state index contributed by atoms with van der Waals surface area (Å²) in [4.78, 5) is 11.5. The lowest BCUT2D eigenvalue weighted by Gasteiger charge is -2.49. The minimum Gasteiger partial charge on any atom is -0.461 e. The number of aliphatic hydroxyl groups is 1. The van der Waals surface area contributed by atoms with E-state index in [-0.39, 0.29) is 12.6 Å². The van der Waals surface area contributed by atoms with E-state index in [9.17, 15) is 9.90 Å². The van der Waals surface area contributed by atoms with Crippen LogP contribution >= 0.6 is 0 Å². The molecule has 1 fully saturated rings. The standard InChI is InChI=1S/C28H38N2O6S/c1-4-22-9-12-27-24(17-22)10-11-26(5-2)30(27)37(33,34)28(20-31,29-13-15-35-16-14-29)25-8-6-7-23(18-25)19-36-21(3)32/h6-9,12,17-18,26,31H,4-5,10-11,13-16,19-20H2,1-3H3. The predicted octanol–water partition coefficient (Wildman–Crippen LogP) is 3.35. The number of fused-ring (bicyclic) bond motifs is 1. The van der Waals surface area contributed by atoms with Crippen LogP contribution in [0.5, 0.6) is 0 Å². The monoisotopic (exact) mass is 530 g/mol. The third-order valence-electron chi connectivity index (χ3n) is 7.58. The summed E-state index contributed by atoms with van der Waals surface area (Å²) in [7, 11) is -4.18. The number of ether oxygens (including phenoxy) is 2. The maximum absolute atomic E-state index is 15.0. The molecule has 0 saturated carbocycles. The molecule has 0 spiro atoms. The summed E-state index contributed by atoms with van der Waals surface area (Å²) in [6.07, 6.45) is 3.06. The SMILES string of the molecule is CCc1ccc2c(c1)CCC(CC)N2S(=O)(=O)C(CO)(c1cccc(COC(C)=O)c1)N1CCOCC1. The normalized spacial score (nSPS) is 20.2. The van der Waals surface area contributed by atoms with E-state index in [1.165, 1.54) is 12.5 Å². The lowest BCUT2D eigenvalue weighted by atomic mass is 9.94. The lowest BCUT2D eigenvalue weighted by molar-refractivity contribution is -0.142. The van der Waals surface area contributed by atoms with Gasteiger partial charge in [0.05, 0.1) is 25.5 Å². The summed E-state index contributed by atoms with van der Waals surface area (Å²) in [5.41, 5.74) is 4.00. The molecule has 1 N–H and O–H groups in total. The van der Waals surface area contributed by atoms with Gasteiger partial charge in [-0.15, -0.1) is 0 Å². The highest BCUT2D eigenvalue weighted by atomic mass is 32.2. The van der Waals surface area contributed by atoms with E-state index in [1.54, 1.807) is 28.6 Å². The van der Waals surface area contributed by atoms with Crippen LogP contribution in [0.2, 0.25) is 0 Å². The van der Waals surface area contributed by atoms with Gasteiger partial charge in [-0.25, -0.2) is 8.42 Å². The average Bonchev–Trinajstić information content (AvgIpc) is 2.92. The van der Waals surface area contributed by atoms with Gasteiger partial charge in [-0.3, -0.25) is 14.0 Å². The molecule has 2 aliphatic rings. The molecule has 4 rings (SSSR count). The zero-order chi connectivity index (χ0) is 26.6. The Morgan fingerprint density at radius 1 is 1.14 bits per heavy atom. The topological polar surface area (TPSA) is 96.4 Å². The minimum absolute atomic E-state index is 0.0256. The van der Waals surface area contributed by atoms with Crippen LogP contribution in [0.15, 0.2) is 42.5 Å². The molecule has 0 bridgehead atoms. The molecular formula is C28H38N2O6S. The van der Waals surface area contributed by atoms with E-state index in [0.29, 0.717) is 56.0 Å². The second-order valence-corrected chi connectivity index (χ2v) is 11.8. The average molecular weight is 531 g/mol. The van der Waals surface area contributed by atoms with Crippen LogP contribution < -0.4 is 4.31 Å². The van der Waals surface area contributed by atoms with Gasteiger partial charge in [0.15, 0.2) is 4.87 Å². The Hall–Kier alpha value is -2.46. The fraction of sp³-hybridized carbons (Fsp3) is 0.536. The first-order valence-corrected chi connectivity index (χ1v) is 14.5. The molecule has 2 heterocycles. The number of aliphatic hydroxyl groups excluding tert-OH is 1. The Morgan fingerprint density at radius 3 is 2.54 bits per heavy atom. The van der Waals surface area contributed by atoms with E-state index >= 15 is 8.42 Å². The van der Waals surface area contributed by atoms with Crippen LogP contribution in [0, 0.1) is 0 Å². The first-order valence-electron chi connectivity index (χ1n) is 13.1. The molecular weight excluding hydrogens is 492 g/mol. The number of carbonyl (C=O) groups is 1. The van der Waals surface area contributed by atoms with Gasteiger partial charge in [0.25, 0.3) is 10.0 Å². The number of carbonyl (C=O) groups excluding carboxylic acids is 1. The molecule has 2 aliphatic heterocycles. The van der Waals surface area contributed by atoms with Gasteiger partial charge in [-0.2, -0.15) is 0 Å². The number of rotatable bonds is 9. The number of anilines is 1. The van der Waals surface area contributed by atoms with Crippen LogP contribution in [0.4, 0.5) is 5.69 Å². The molecule has 37 heavy (non-hydrogen) atoms. The maximum Gasteiger partial charge on any atom is 0.302 e. The van der Waals surface area contributed by atoms with Gasteiger partial charge in [0.1, 0.15) is 6.61 Å². The summed E-state index contributed by atoms with van der Waals surface area (Å²) in [5, 5.41) is 11.1. The first-order chi connectivity index (χ1) is 17.8. The van der Waals surface area contributed by atoms with Crippen molar-refractivity contribution in [2.24, 2.45) is 0 Å². The third-order valence-corrected chi connectivity index (χ3v) is 10.1. The maximum atomic E-state index is 15.0. The zero-order valence-electron chi connectivity index (χ0n) is 22.0. The molecule has 2 atom stereocenters. The van der Waals surface area contributed by atoms with Gasteiger partial charge >= 0.3 is 5.97 Å². The molecule has 8 nitrogen and oxygen atoms in total. The first kappa shape index (κ1) is 27.6. The highest BCUT2D eigenvalue weighted by molar-refractivity contribution is 7.93. The van der Waals surface area contributed by atoms with Crippen LogP contribution in [-0.2, 0) is 48.6 Å². The second-order valence-electron chi connectivity index (χ2n) is 9.74. The molecule has 9 heteroatoms. The van der Waals surface area contributed by atoms with Crippen molar-refractivity contribution >= 4 is 21.7 Å². The third kappa shape index (κ3) is 5.14. The predicted molar refractivity (Wildman–Crippen MR) is 143 cm³/mol. The number of esters is 1. The molecule has 2 aromatic carbocycles. The molecule has 0 aliphatic carbocycles. The van der Waals surface area contributed by atoms with Crippen LogP contribution in [0.3, 0.4) is 0 Å². The fourth-order valence-corrected chi connectivity index (χ4v) is 8.06. The van der Waals surface area contributed by atoms with Crippen molar-refractivity contribution in [3.8, 4) is 0 Å². The number of nitrogens with zero attached hydrogens (tertiary/aromatic N) is 2. The summed E-state index contributed by atoms with van der Waals surface area (Å²) < 4.78 is 42.3. The Kier molecular flexibility index (Phi) is 8.58. The highest BCUT2D eigenvalue weighted by Gasteiger charge is 2.55. The summed E-state index contributed by atoms with van der Waals surface area (Å²) >= 11 is 0. The number of aryl methyl sites for hydroxylation is 2. The van der Waals surface area contributed by atoms with Gasteiger partial charge in [-0.05, 0) is 60.1 Å². The second kappa shape index (κ2) is 11.5. The van der Waals surface area contributed by atoms with E-state index in [1.807, 2.05) is 24.0 Å². The van der Waals surface area contributed by atoms with Crippen LogP contribution in [-0.4, -0.2) is 63.3 Å². The molecule has 0 radical (unpaired) electrons. The molecule has 2 unspecified atom stereocenters. The van der Waals surface area contributed by atoms with Crippen molar-refractivity contribution in [2.45, 2.75) is 64.0 Å². The van der Waals surface area contributed by atoms with E-state index in [4.69, 9.17) is 9.47 Å². The Bertz CT molecular complexity index is 1210. The molecule has 2 aromatic rings. The van der Waals surface area contributed by atoms with E-state index < -0.39 is 27.5 Å². The quantitative estimate of drug-likeness (QED) is 0.497. The molecule has 202 valence electrons. The Morgan fingerprint density at radius 2 is 1.89 bits per heavy atom. The van der Waals surface area contributed by atoms with E-state index in [2.05, 4.69) is 13.0 Å². The van der Waals surface area contributed by atoms with Gasteiger partial charge < -0.3 is 14.6 Å². The van der Waals surface area contributed by atoms with E-state index in [0.717, 1.165) is 18.4 Å². The zero-order valence-corrected chi connectivity index (χ0v) is 22.8.